The molecule has 2 aromatic rings. The van der Waals surface area contributed by atoms with Crippen LogP contribution in [0.15, 0.2) is 48.5 Å². The van der Waals surface area contributed by atoms with Crippen molar-refractivity contribution >= 4 is 6.09 Å². The summed E-state index contributed by atoms with van der Waals surface area (Å²) in [6.07, 6.45) is -0.195. The highest BCUT2D eigenvalue weighted by Gasteiger charge is 2.33. The Balaban J connectivity index is 0.000000186. The molecule has 0 saturated carbocycles. The highest BCUT2D eigenvalue weighted by molar-refractivity contribution is 5.69. The number of hydrogen-bond acceptors (Lipinski definition) is 5. The number of rotatable bonds is 1. The van der Waals surface area contributed by atoms with E-state index in [9.17, 15) is 15.0 Å². The smallest absolute Gasteiger partial charge is 0.408 e. The molecule has 4 atom stereocenters. The summed E-state index contributed by atoms with van der Waals surface area (Å²) in [7, 11) is 0. The van der Waals surface area contributed by atoms with E-state index >= 15 is 0 Å². The van der Waals surface area contributed by atoms with Gasteiger partial charge in [0.2, 0.25) is 0 Å². The standard InChI is InChI=1S/C14H19NO3.C9H11NO/c1-14(2,3)18-13(17)15-12-10-7-5-4-6-9(10)8-11(12)16;10-9-7-4-2-1-3-6(7)5-8(9)11/h4-7,11-12,16H,8H2,1-3H3,(H,15,17);1-4,8-9,11H,5,10H2/t11-,12+;8-,9+/m00/s1. The minimum Gasteiger partial charge on any atom is -0.444 e. The van der Waals surface area contributed by atoms with Crippen LogP contribution in [-0.4, -0.2) is 34.1 Å². The van der Waals surface area contributed by atoms with Crippen LogP contribution in [0.4, 0.5) is 4.79 Å². The first-order valence-corrected chi connectivity index (χ1v) is 9.92. The molecule has 0 aromatic heterocycles. The molecule has 0 spiro atoms. The van der Waals surface area contributed by atoms with E-state index in [-0.39, 0.29) is 18.2 Å². The van der Waals surface area contributed by atoms with Gasteiger partial charge in [0.1, 0.15) is 5.60 Å². The molecule has 0 saturated heterocycles. The normalized spacial score (nSPS) is 24.8. The fourth-order valence-corrected chi connectivity index (χ4v) is 3.79. The van der Waals surface area contributed by atoms with Crippen molar-refractivity contribution in [2.24, 2.45) is 5.73 Å². The van der Waals surface area contributed by atoms with Crippen molar-refractivity contribution in [3.05, 3.63) is 70.8 Å². The average molecular weight is 399 g/mol. The molecule has 156 valence electrons. The molecule has 6 nitrogen and oxygen atoms in total. The van der Waals surface area contributed by atoms with Crippen LogP contribution in [0.3, 0.4) is 0 Å². The lowest BCUT2D eigenvalue weighted by atomic mass is 10.1. The van der Waals surface area contributed by atoms with Gasteiger partial charge < -0.3 is 26.0 Å². The molecule has 0 aliphatic heterocycles. The highest BCUT2D eigenvalue weighted by atomic mass is 16.6. The van der Waals surface area contributed by atoms with Crippen molar-refractivity contribution in [1.29, 1.82) is 0 Å². The van der Waals surface area contributed by atoms with Gasteiger partial charge in [0.25, 0.3) is 0 Å². The molecule has 0 fully saturated rings. The second-order valence-corrected chi connectivity index (χ2v) is 8.59. The number of aliphatic hydroxyl groups is 2. The fraction of sp³-hybridized carbons (Fsp3) is 0.435. The number of carbonyl (C=O) groups is 1. The summed E-state index contributed by atoms with van der Waals surface area (Å²) in [6.45, 7) is 5.43. The highest BCUT2D eigenvalue weighted by Crippen LogP contribution is 2.31. The van der Waals surface area contributed by atoms with Gasteiger partial charge in [-0.15, -0.1) is 0 Å². The molecule has 6 heteroatoms. The molecular formula is C23H30N2O4. The Morgan fingerprint density at radius 3 is 2.07 bits per heavy atom. The summed E-state index contributed by atoms with van der Waals surface area (Å²) in [4.78, 5) is 11.7. The number of nitrogens with one attached hydrogen (secondary N) is 1. The number of alkyl carbamates (subject to hydrolysis) is 1. The second-order valence-electron chi connectivity index (χ2n) is 8.59. The maximum Gasteiger partial charge on any atom is 0.408 e. The van der Waals surface area contributed by atoms with Gasteiger partial charge in [-0.25, -0.2) is 4.79 Å². The first-order chi connectivity index (χ1) is 13.7. The Morgan fingerprint density at radius 1 is 0.966 bits per heavy atom. The first-order valence-electron chi connectivity index (χ1n) is 9.92. The third kappa shape index (κ3) is 5.15. The van der Waals surface area contributed by atoms with Crippen molar-refractivity contribution in [2.75, 3.05) is 0 Å². The van der Waals surface area contributed by atoms with E-state index in [1.54, 1.807) is 0 Å². The van der Waals surface area contributed by atoms with Crippen molar-refractivity contribution in [2.45, 2.75) is 63.5 Å². The van der Waals surface area contributed by atoms with Crippen LogP contribution in [0.2, 0.25) is 0 Å². The van der Waals surface area contributed by atoms with Gasteiger partial charge in [-0.2, -0.15) is 0 Å². The molecule has 1 amide bonds. The van der Waals surface area contributed by atoms with E-state index in [1.165, 1.54) is 5.56 Å². The Kier molecular flexibility index (Phi) is 6.27. The molecule has 0 unspecified atom stereocenters. The molecule has 4 rings (SSSR count). The Hall–Kier alpha value is -2.41. The minimum atomic E-state index is -0.588. The lowest BCUT2D eigenvalue weighted by Gasteiger charge is -2.23. The number of hydrogen-bond donors (Lipinski definition) is 4. The van der Waals surface area contributed by atoms with Crippen LogP contribution >= 0.6 is 0 Å². The van der Waals surface area contributed by atoms with Crippen LogP contribution in [0.25, 0.3) is 0 Å². The predicted octanol–water partition coefficient (Wildman–Crippen LogP) is 2.77. The van der Waals surface area contributed by atoms with E-state index in [4.69, 9.17) is 10.5 Å². The number of fused-ring (bicyclic) bond motifs is 2. The molecule has 0 bridgehead atoms. The average Bonchev–Trinajstić information content (AvgIpc) is 3.11. The Bertz CT molecular complexity index is 862. The van der Waals surface area contributed by atoms with Crippen LogP contribution < -0.4 is 11.1 Å². The van der Waals surface area contributed by atoms with Crippen LogP contribution in [0.5, 0.6) is 0 Å². The van der Waals surface area contributed by atoms with Gasteiger partial charge in [0.15, 0.2) is 0 Å². The van der Waals surface area contributed by atoms with Gasteiger partial charge in [-0.05, 0) is 43.0 Å². The number of nitrogens with two attached hydrogens (primary N) is 1. The zero-order valence-corrected chi connectivity index (χ0v) is 17.1. The zero-order chi connectivity index (χ0) is 21.2. The number of carbonyl (C=O) groups excluding carboxylic acids is 1. The second kappa shape index (κ2) is 8.53. The van der Waals surface area contributed by atoms with Crippen LogP contribution in [-0.2, 0) is 17.6 Å². The third-order valence-electron chi connectivity index (χ3n) is 5.13. The van der Waals surface area contributed by atoms with Gasteiger partial charge >= 0.3 is 6.09 Å². The number of amides is 1. The number of benzene rings is 2. The molecular weight excluding hydrogens is 368 g/mol. The minimum absolute atomic E-state index is 0.175. The zero-order valence-electron chi connectivity index (χ0n) is 17.1. The van der Waals surface area contributed by atoms with Crippen LogP contribution in [0.1, 0.15) is 55.1 Å². The maximum absolute atomic E-state index is 11.7. The predicted molar refractivity (Wildman–Crippen MR) is 111 cm³/mol. The monoisotopic (exact) mass is 398 g/mol. The molecule has 2 aliphatic carbocycles. The number of aliphatic hydroxyl groups excluding tert-OH is 2. The van der Waals surface area contributed by atoms with Crippen molar-refractivity contribution in [3.63, 3.8) is 0 Å². The van der Waals surface area contributed by atoms with E-state index in [2.05, 4.69) is 5.32 Å². The van der Waals surface area contributed by atoms with Crippen molar-refractivity contribution in [3.8, 4) is 0 Å². The summed E-state index contributed by atoms with van der Waals surface area (Å²) in [5.41, 5.74) is 9.53. The lowest BCUT2D eigenvalue weighted by molar-refractivity contribution is 0.0438. The molecule has 0 radical (unpaired) electrons. The topological polar surface area (TPSA) is 105 Å². The molecule has 29 heavy (non-hydrogen) atoms. The van der Waals surface area contributed by atoms with E-state index < -0.39 is 17.8 Å². The quantitative estimate of drug-likeness (QED) is 0.591. The summed E-state index contributed by atoms with van der Waals surface area (Å²) < 4.78 is 5.20. The van der Waals surface area contributed by atoms with Gasteiger partial charge in [-0.3, -0.25) is 0 Å². The van der Waals surface area contributed by atoms with E-state index in [0.717, 1.165) is 16.7 Å². The largest absolute Gasteiger partial charge is 0.444 e. The third-order valence-corrected chi connectivity index (χ3v) is 5.13. The van der Waals surface area contributed by atoms with Gasteiger partial charge in [0, 0.05) is 12.8 Å². The SMILES string of the molecule is CC(C)(C)OC(=O)N[C@@H]1c2ccccc2C[C@@H]1O.N[C@@H]1c2ccccc2C[C@@H]1O. The molecule has 0 heterocycles. The van der Waals surface area contributed by atoms with Crippen LogP contribution in [0, 0.1) is 0 Å². The summed E-state index contributed by atoms with van der Waals surface area (Å²) in [5.74, 6) is 0. The maximum atomic E-state index is 11.7. The van der Waals surface area contributed by atoms with Crippen molar-refractivity contribution in [1.82, 2.24) is 5.32 Å². The van der Waals surface area contributed by atoms with Gasteiger partial charge in [0.05, 0.1) is 24.3 Å². The molecule has 5 N–H and O–H groups in total. The fourth-order valence-electron chi connectivity index (χ4n) is 3.79. The van der Waals surface area contributed by atoms with Crippen molar-refractivity contribution < 1.29 is 19.7 Å². The summed E-state index contributed by atoms with van der Waals surface area (Å²) in [6, 6.07) is 15.1. The van der Waals surface area contributed by atoms with E-state index in [0.29, 0.717) is 12.8 Å². The summed E-state index contributed by atoms with van der Waals surface area (Å²) in [5, 5.41) is 22.1. The molecule has 2 aromatic carbocycles. The lowest BCUT2D eigenvalue weighted by Crippen LogP contribution is -2.38. The number of ether oxygens (including phenoxy) is 1. The van der Waals surface area contributed by atoms with Gasteiger partial charge in [-0.1, -0.05) is 48.5 Å². The first kappa shape index (κ1) is 21.3. The summed E-state index contributed by atoms with van der Waals surface area (Å²) >= 11 is 0. The van der Waals surface area contributed by atoms with E-state index in [1.807, 2.05) is 69.3 Å². The Labute approximate surface area is 171 Å². The Morgan fingerprint density at radius 2 is 1.48 bits per heavy atom. The molecule has 2 aliphatic rings.